The van der Waals surface area contributed by atoms with Gasteiger partial charge in [-0.2, -0.15) is 0 Å². The fraction of sp³-hybridized carbons (Fsp3) is 0.214. The van der Waals surface area contributed by atoms with Crippen molar-refractivity contribution in [2.45, 2.75) is 13.0 Å². The molecule has 0 radical (unpaired) electrons. The van der Waals surface area contributed by atoms with Crippen LogP contribution in [-0.4, -0.2) is 16.7 Å². The highest BCUT2D eigenvalue weighted by Crippen LogP contribution is 2.53. The second-order valence-corrected chi connectivity index (χ2v) is 9.79. The minimum atomic E-state index is -0.545. The van der Waals surface area contributed by atoms with Gasteiger partial charge in [-0.1, -0.05) is 42.0 Å². The number of nitro groups is 1. The maximum Gasteiger partial charge on any atom is 0.313 e. The first-order chi connectivity index (χ1) is 17.9. The number of carbonyl (C=O) groups is 2. The minimum absolute atomic E-state index is 0.0132. The molecule has 6 rings (SSSR count). The number of nitro benzene ring substituents is 1. The molecule has 0 N–H and O–H groups in total. The first kappa shape index (κ1) is 23.2. The summed E-state index contributed by atoms with van der Waals surface area (Å²) in [4.78, 5) is 38.0. The van der Waals surface area contributed by atoms with Crippen LogP contribution in [0.3, 0.4) is 0 Å². The smallest absolute Gasteiger partial charge is 0.313 e. The molecule has 186 valence electrons. The predicted octanol–water partition coefficient (Wildman–Crippen LogP) is 5.93. The van der Waals surface area contributed by atoms with Gasteiger partial charge >= 0.3 is 5.69 Å². The van der Waals surface area contributed by atoms with Crippen LogP contribution in [0.25, 0.3) is 0 Å². The van der Waals surface area contributed by atoms with Crippen molar-refractivity contribution in [3.63, 3.8) is 0 Å². The SMILES string of the molecule is O=C1[C@@H]2[C@@H](C(=O)N1c1ccc(OCc3ccc(Oc4c(Cl)cccc4[N+](=O)[O-])cc3)cc1)[C@H]1C=C[C@H]2C1. The summed E-state index contributed by atoms with van der Waals surface area (Å²) in [5, 5.41) is 11.4. The van der Waals surface area contributed by atoms with Crippen molar-refractivity contribution in [3.8, 4) is 17.2 Å². The van der Waals surface area contributed by atoms with Gasteiger partial charge in [-0.3, -0.25) is 24.6 Å². The topological polar surface area (TPSA) is 99.0 Å². The Morgan fingerprint density at radius 3 is 2.14 bits per heavy atom. The van der Waals surface area contributed by atoms with Gasteiger partial charge in [0.1, 0.15) is 18.1 Å². The number of para-hydroxylation sites is 1. The van der Waals surface area contributed by atoms with E-state index in [-0.39, 0.29) is 58.6 Å². The molecule has 9 heteroatoms. The normalized spacial score (nSPS) is 23.4. The average molecular weight is 517 g/mol. The zero-order valence-electron chi connectivity index (χ0n) is 19.5. The molecule has 2 amide bonds. The quantitative estimate of drug-likeness (QED) is 0.167. The summed E-state index contributed by atoms with van der Waals surface area (Å²) in [6, 6.07) is 18.2. The second kappa shape index (κ2) is 9.05. The van der Waals surface area contributed by atoms with Crippen LogP contribution < -0.4 is 14.4 Å². The number of amides is 2. The number of allylic oxidation sites excluding steroid dienone is 2. The molecule has 2 aliphatic carbocycles. The molecule has 0 spiro atoms. The van der Waals surface area contributed by atoms with Gasteiger partial charge in [-0.25, -0.2) is 0 Å². The maximum absolute atomic E-state index is 13.0. The van der Waals surface area contributed by atoms with Gasteiger partial charge in [-0.05, 0) is 66.3 Å². The monoisotopic (exact) mass is 516 g/mol. The average Bonchev–Trinajstić information content (AvgIpc) is 3.58. The molecule has 1 saturated heterocycles. The van der Waals surface area contributed by atoms with E-state index in [1.165, 1.54) is 23.1 Å². The van der Waals surface area contributed by atoms with Crippen molar-refractivity contribution >= 4 is 34.8 Å². The van der Waals surface area contributed by atoms with Crippen LogP contribution >= 0.6 is 11.6 Å². The highest BCUT2D eigenvalue weighted by Gasteiger charge is 2.59. The second-order valence-electron chi connectivity index (χ2n) is 9.39. The summed E-state index contributed by atoms with van der Waals surface area (Å²) >= 11 is 6.09. The van der Waals surface area contributed by atoms with E-state index in [1.54, 1.807) is 48.5 Å². The Hall–Kier alpha value is -4.17. The van der Waals surface area contributed by atoms with E-state index in [4.69, 9.17) is 21.1 Å². The number of anilines is 1. The van der Waals surface area contributed by atoms with Crippen molar-refractivity contribution in [2.75, 3.05) is 4.90 Å². The van der Waals surface area contributed by atoms with Crippen LogP contribution in [0.2, 0.25) is 5.02 Å². The largest absolute Gasteiger partial charge is 0.489 e. The van der Waals surface area contributed by atoms with Gasteiger partial charge in [0.25, 0.3) is 0 Å². The van der Waals surface area contributed by atoms with Crippen molar-refractivity contribution in [3.05, 3.63) is 99.6 Å². The molecule has 1 aliphatic heterocycles. The van der Waals surface area contributed by atoms with E-state index in [1.807, 2.05) is 0 Å². The molecule has 0 aromatic heterocycles. The van der Waals surface area contributed by atoms with Gasteiger partial charge in [0.15, 0.2) is 0 Å². The number of fused-ring (bicyclic) bond motifs is 5. The first-order valence-corrected chi connectivity index (χ1v) is 12.3. The molecule has 0 unspecified atom stereocenters. The number of ether oxygens (including phenoxy) is 2. The van der Waals surface area contributed by atoms with E-state index in [0.29, 0.717) is 17.2 Å². The standard InChI is InChI=1S/C28H21ClN2O6/c29-22-2-1-3-23(31(34)35)26(22)37-21-10-4-16(5-11-21)15-36-20-12-8-19(9-13-20)30-27(32)24-17-6-7-18(14-17)25(24)28(30)33/h1-13,17-18,24-25H,14-15H2/t17-,18-,24-,25-/m0/s1. The summed E-state index contributed by atoms with van der Waals surface area (Å²) in [6.07, 6.45) is 5.06. The Kier molecular flexibility index (Phi) is 5.68. The van der Waals surface area contributed by atoms with Gasteiger partial charge in [0, 0.05) is 6.07 Å². The Morgan fingerprint density at radius 2 is 1.51 bits per heavy atom. The zero-order valence-corrected chi connectivity index (χ0v) is 20.2. The molecule has 1 heterocycles. The molecule has 2 bridgehead atoms. The number of benzene rings is 3. The molecule has 4 atom stereocenters. The van der Waals surface area contributed by atoms with Crippen LogP contribution in [0, 0.1) is 33.8 Å². The summed E-state index contributed by atoms with van der Waals surface area (Å²) in [5.74, 6) is 0.667. The summed E-state index contributed by atoms with van der Waals surface area (Å²) in [7, 11) is 0. The molecule has 1 saturated carbocycles. The molecule has 3 aliphatic rings. The lowest BCUT2D eigenvalue weighted by Gasteiger charge is -2.17. The fourth-order valence-corrected chi connectivity index (χ4v) is 5.74. The van der Waals surface area contributed by atoms with Gasteiger partial charge in [0.05, 0.1) is 27.5 Å². The van der Waals surface area contributed by atoms with E-state index in [2.05, 4.69) is 12.2 Å². The van der Waals surface area contributed by atoms with E-state index in [9.17, 15) is 19.7 Å². The lowest BCUT2D eigenvalue weighted by molar-refractivity contribution is -0.385. The maximum atomic E-state index is 13.0. The van der Waals surface area contributed by atoms with Crippen molar-refractivity contribution in [2.24, 2.45) is 23.7 Å². The fourth-order valence-electron chi connectivity index (χ4n) is 5.53. The summed E-state index contributed by atoms with van der Waals surface area (Å²) in [5.41, 5.74) is 1.20. The van der Waals surface area contributed by atoms with E-state index in [0.717, 1.165) is 12.0 Å². The third-order valence-electron chi connectivity index (χ3n) is 7.26. The van der Waals surface area contributed by atoms with Crippen molar-refractivity contribution in [1.29, 1.82) is 0 Å². The lowest BCUT2D eigenvalue weighted by Crippen LogP contribution is -2.32. The first-order valence-electron chi connectivity index (χ1n) is 11.9. The van der Waals surface area contributed by atoms with Crippen LogP contribution in [0.5, 0.6) is 17.2 Å². The van der Waals surface area contributed by atoms with Crippen LogP contribution in [-0.2, 0) is 16.2 Å². The Bertz CT molecular complexity index is 1410. The number of halogens is 1. The summed E-state index contributed by atoms with van der Waals surface area (Å²) < 4.78 is 11.5. The predicted molar refractivity (Wildman–Crippen MR) is 136 cm³/mol. The van der Waals surface area contributed by atoms with Crippen LogP contribution in [0.15, 0.2) is 78.9 Å². The number of rotatable bonds is 7. The van der Waals surface area contributed by atoms with Gasteiger partial charge in [0.2, 0.25) is 17.6 Å². The van der Waals surface area contributed by atoms with E-state index < -0.39 is 4.92 Å². The van der Waals surface area contributed by atoms with Crippen molar-refractivity contribution in [1.82, 2.24) is 0 Å². The van der Waals surface area contributed by atoms with Gasteiger partial charge < -0.3 is 9.47 Å². The Balaban J connectivity index is 1.09. The molecule has 3 aromatic rings. The van der Waals surface area contributed by atoms with E-state index >= 15 is 0 Å². The highest BCUT2D eigenvalue weighted by molar-refractivity contribution is 6.32. The number of imide groups is 1. The number of nitrogens with zero attached hydrogens (tertiary/aromatic N) is 2. The number of carbonyl (C=O) groups excluding carboxylic acids is 2. The van der Waals surface area contributed by atoms with Crippen LogP contribution in [0.1, 0.15) is 12.0 Å². The van der Waals surface area contributed by atoms with Crippen LogP contribution in [0.4, 0.5) is 11.4 Å². The molecular formula is C28H21ClN2O6. The lowest BCUT2D eigenvalue weighted by atomic mass is 9.85. The highest BCUT2D eigenvalue weighted by atomic mass is 35.5. The Morgan fingerprint density at radius 1 is 0.892 bits per heavy atom. The third kappa shape index (κ3) is 4.03. The minimum Gasteiger partial charge on any atom is -0.489 e. The zero-order chi connectivity index (χ0) is 25.7. The molecule has 2 fully saturated rings. The molecule has 8 nitrogen and oxygen atoms in total. The number of hydrogen-bond donors (Lipinski definition) is 0. The third-order valence-corrected chi connectivity index (χ3v) is 7.55. The Labute approximate surface area is 217 Å². The van der Waals surface area contributed by atoms with Crippen molar-refractivity contribution < 1.29 is 24.0 Å². The molecular weight excluding hydrogens is 496 g/mol. The molecule has 3 aromatic carbocycles. The molecule has 37 heavy (non-hydrogen) atoms. The summed E-state index contributed by atoms with van der Waals surface area (Å²) in [6.45, 7) is 0.270. The number of hydrogen-bond acceptors (Lipinski definition) is 6. The van der Waals surface area contributed by atoms with Gasteiger partial charge in [-0.15, -0.1) is 0 Å².